The van der Waals surface area contributed by atoms with Gasteiger partial charge < -0.3 is 0 Å². The van der Waals surface area contributed by atoms with Crippen LogP contribution in [-0.2, 0) is 28.6 Å². The highest BCUT2D eigenvalue weighted by atomic mass is 32.2. The van der Waals surface area contributed by atoms with Gasteiger partial charge in [0.05, 0.1) is 34.7 Å². The number of alkyl halides is 4. The Morgan fingerprint density at radius 3 is 1.36 bits per heavy atom. The number of halogens is 4. The summed E-state index contributed by atoms with van der Waals surface area (Å²) in [6.07, 6.45) is -0.877. The summed E-state index contributed by atoms with van der Waals surface area (Å²) in [7, 11) is -6.38. The summed E-state index contributed by atoms with van der Waals surface area (Å²) in [4.78, 5) is 0. The van der Waals surface area contributed by atoms with Crippen molar-refractivity contribution in [1.29, 1.82) is 0 Å². The molecule has 0 saturated heterocycles. The smallest absolute Gasteiger partial charge is 0.270 e. The zero-order valence-electron chi connectivity index (χ0n) is 12.8. The van der Waals surface area contributed by atoms with Gasteiger partial charge in [-0.15, -0.1) is 0 Å². The lowest BCUT2D eigenvalue weighted by molar-refractivity contribution is 0.181. The maximum atomic E-state index is 14.0. The first kappa shape index (κ1) is 26.4. The van der Waals surface area contributed by atoms with E-state index in [9.17, 15) is 34.4 Å². The van der Waals surface area contributed by atoms with E-state index in [-0.39, 0.29) is 6.67 Å². The van der Waals surface area contributed by atoms with Crippen LogP contribution in [0.15, 0.2) is 0 Å². The fraction of sp³-hybridized carbons (Fsp3) is 1.00. The predicted octanol–water partition coefficient (Wildman–Crippen LogP) is 1.57. The zero-order valence-corrected chi connectivity index (χ0v) is 14.4. The molecule has 12 heteroatoms. The molecule has 0 aliphatic rings. The van der Waals surface area contributed by atoms with Crippen LogP contribution in [0.2, 0.25) is 0 Å². The topological polar surface area (TPSA) is 86.7 Å². The summed E-state index contributed by atoms with van der Waals surface area (Å²) >= 11 is 0. The minimum absolute atomic E-state index is 0.250. The fourth-order valence-corrected chi connectivity index (χ4v) is 3.23. The Morgan fingerprint density at radius 2 is 1.18 bits per heavy atom. The van der Waals surface area contributed by atoms with Gasteiger partial charge in [-0.25, -0.2) is 4.39 Å². The molecule has 0 saturated carbocycles. The van der Waals surface area contributed by atoms with E-state index in [0.29, 0.717) is 7.18 Å². The third-order valence-corrected chi connectivity index (χ3v) is 4.68. The molecule has 138 valence electrons. The molecule has 0 amide bonds. The van der Waals surface area contributed by atoms with E-state index in [1.165, 1.54) is 6.92 Å². The lowest BCUT2D eigenvalue weighted by Crippen LogP contribution is -2.40. The van der Waals surface area contributed by atoms with Gasteiger partial charge in [-0.1, -0.05) is 0 Å². The van der Waals surface area contributed by atoms with Crippen LogP contribution in [0, 0.1) is 0 Å². The molecule has 0 aromatic rings. The first-order chi connectivity index (χ1) is 10.0. The second kappa shape index (κ2) is 13.0. The predicted molar refractivity (Wildman–Crippen MR) is 74.7 cm³/mol. The van der Waals surface area contributed by atoms with Gasteiger partial charge in [0.1, 0.15) is 17.2 Å². The Labute approximate surface area is 129 Å². The van der Waals surface area contributed by atoms with Crippen molar-refractivity contribution < 1.29 is 42.8 Å². The average Bonchev–Trinajstić information content (AvgIpc) is 2.40. The molecule has 0 fully saturated rings. The molecule has 0 bridgehead atoms. The molecule has 0 N–H and O–H groups in total. The van der Waals surface area contributed by atoms with E-state index in [4.69, 9.17) is 0 Å². The van der Waals surface area contributed by atoms with Crippen molar-refractivity contribution in [3.8, 4) is 0 Å². The molecule has 0 aliphatic carbocycles. The molecular formula is C10H22F4O6S2. The van der Waals surface area contributed by atoms with Gasteiger partial charge in [0.15, 0.2) is 0 Å². The molecule has 6 nitrogen and oxygen atoms in total. The first-order valence-corrected chi connectivity index (χ1v) is 8.92. The minimum Gasteiger partial charge on any atom is -0.273 e. The Kier molecular flexibility index (Phi) is 15.6. The largest absolute Gasteiger partial charge is 0.273 e. The maximum absolute atomic E-state index is 14.0. The normalized spacial score (nSPS) is 11.8. The summed E-state index contributed by atoms with van der Waals surface area (Å²) in [5.74, 6) is -2.49. The van der Waals surface area contributed by atoms with Gasteiger partial charge >= 0.3 is 0 Å². The summed E-state index contributed by atoms with van der Waals surface area (Å²) in [5.41, 5.74) is -2.78. The van der Waals surface area contributed by atoms with E-state index < -0.39 is 50.5 Å². The van der Waals surface area contributed by atoms with Crippen molar-refractivity contribution in [2.45, 2.75) is 19.0 Å². The standard InChI is InChI=1S/C7H14F2O6S2.C2H5F.CH3F/c1-14-16(10,11)5-7(9,3-4-8)6-17(12,13)15-2;1-2-3;1-2/h3-6H2,1-2H3;2H2,1H3;1H3. The van der Waals surface area contributed by atoms with Crippen molar-refractivity contribution in [3.63, 3.8) is 0 Å². The van der Waals surface area contributed by atoms with E-state index in [1.54, 1.807) is 0 Å². The van der Waals surface area contributed by atoms with Gasteiger partial charge in [-0.05, 0) is 6.92 Å². The Morgan fingerprint density at radius 1 is 0.909 bits per heavy atom. The summed E-state index contributed by atoms with van der Waals surface area (Å²) in [5, 5.41) is 0. The van der Waals surface area contributed by atoms with Crippen LogP contribution < -0.4 is 0 Å². The maximum Gasteiger partial charge on any atom is 0.270 e. The van der Waals surface area contributed by atoms with E-state index in [1.807, 2.05) is 0 Å². The highest BCUT2D eigenvalue weighted by molar-refractivity contribution is 7.87. The average molecular weight is 378 g/mol. The lowest BCUT2D eigenvalue weighted by Gasteiger charge is -2.22. The molecule has 0 atom stereocenters. The molecular weight excluding hydrogens is 356 g/mol. The molecule has 0 aromatic carbocycles. The highest BCUT2D eigenvalue weighted by Gasteiger charge is 2.40. The number of hydrogen-bond acceptors (Lipinski definition) is 6. The van der Waals surface area contributed by atoms with Crippen LogP contribution in [0.3, 0.4) is 0 Å². The third-order valence-electron chi connectivity index (χ3n) is 1.92. The number of hydrogen-bond donors (Lipinski definition) is 0. The van der Waals surface area contributed by atoms with Crippen molar-refractivity contribution in [2.24, 2.45) is 0 Å². The first-order valence-electron chi connectivity index (χ1n) is 5.76. The summed E-state index contributed by atoms with van der Waals surface area (Å²) in [6.45, 7) is 0.00890. The molecule has 0 heterocycles. The molecule has 22 heavy (non-hydrogen) atoms. The SMILES string of the molecule is CCF.CF.COS(=O)(=O)CC(F)(CCF)CS(=O)(=O)OC. The van der Waals surface area contributed by atoms with Gasteiger partial charge in [0, 0.05) is 6.42 Å². The van der Waals surface area contributed by atoms with Gasteiger partial charge in [-0.2, -0.15) is 16.8 Å². The Bertz CT molecular complexity index is 416. The lowest BCUT2D eigenvalue weighted by atomic mass is 10.1. The van der Waals surface area contributed by atoms with Crippen LogP contribution >= 0.6 is 0 Å². The van der Waals surface area contributed by atoms with Gasteiger partial charge in [0.2, 0.25) is 0 Å². The van der Waals surface area contributed by atoms with E-state index in [2.05, 4.69) is 8.37 Å². The molecule has 0 radical (unpaired) electrons. The molecule has 0 spiro atoms. The van der Waals surface area contributed by atoms with Crippen molar-refractivity contribution >= 4 is 20.2 Å². The quantitative estimate of drug-likeness (QED) is 0.471. The van der Waals surface area contributed by atoms with Crippen molar-refractivity contribution in [1.82, 2.24) is 0 Å². The highest BCUT2D eigenvalue weighted by Crippen LogP contribution is 2.23. The Hall–Kier alpha value is -0.460. The number of rotatable bonds is 8. The molecule has 0 unspecified atom stereocenters. The second-order valence-corrected chi connectivity index (χ2v) is 7.07. The van der Waals surface area contributed by atoms with Gasteiger partial charge in [0.25, 0.3) is 20.2 Å². The van der Waals surface area contributed by atoms with Crippen LogP contribution in [0.5, 0.6) is 0 Å². The molecule has 0 aromatic heterocycles. The van der Waals surface area contributed by atoms with Crippen LogP contribution in [0.4, 0.5) is 17.6 Å². The van der Waals surface area contributed by atoms with Crippen LogP contribution in [0.1, 0.15) is 13.3 Å². The van der Waals surface area contributed by atoms with Crippen LogP contribution in [0.25, 0.3) is 0 Å². The minimum atomic E-state index is -4.24. The van der Waals surface area contributed by atoms with E-state index >= 15 is 0 Å². The fourth-order valence-electron chi connectivity index (χ4n) is 1.11. The summed E-state index contributed by atoms with van der Waals surface area (Å²) < 4.78 is 98.1. The Balaban J connectivity index is -0.000000637. The second-order valence-electron chi connectivity index (χ2n) is 3.59. The summed E-state index contributed by atoms with van der Waals surface area (Å²) in [6, 6.07) is 0. The van der Waals surface area contributed by atoms with Crippen LogP contribution in [-0.4, -0.2) is 68.8 Å². The van der Waals surface area contributed by atoms with E-state index in [0.717, 1.165) is 14.2 Å². The van der Waals surface area contributed by atoms with Gasteiger partial charge in [-0.3, -0.25) is 21.5 Å². The molecule has 0 rings (SSSR count). The van der Waals surface area contributed by atoms with Crippen molar-refractivity contribution in [2.75, 3.05) is 46.3 Å². The monoisotopic (exact) mass is 378 g/mol. The van der Waals surface area contributed by atoms with Crippen molar-refractivity contribution in [3.05, 3.63) is 0 Å². The zero-order chi connectivity index (χ0) is 18.4. The third kappa shape index (κ3) is 14.5. The molecule has 0 aliphatic heterocycles.